The number of benzene rings is 2. The van der Waals surface area contributed by atoms with Crippen molar-refractivity contribution in [2.45, 2.75) is 0 Å². The minimum Gasteiger partial charge on any atom is -0.508 e. The highest BCUT2D eigenvalue weighted by Gasteiger charge is 2.37. The highest BCUT2D eigenvalue weighted by atomic mass is 16.3. The maximum atomic E-state index is 12.7. The van der Waals surface area contributed by atoms with Gasteiger partial charge in [-0.2, -0.15) is 0 Å². The van der Waals surface area contributed by atoms with E-state index >= 15 is 0 Å². The first-order valence-electron chi connectivity index (χ1n) is 7.38. The molecular weight excluding hydrogens is 304 g/mol. The molecule has 0 spiro atoms. The molecule has 4 rings (SSSR count). The number of aromatic nitrogens is 1. The van der Waals surface area contributed by atoms with Crippen molar-refractivity contribution in [3.8, 4) is 17.0 Å². The summed E-state index contributed by atoms with van der Waals surface area (Å²) < 4.78 is 0. The van der Waals surface area contributed by atoms with Crippen molar-refractivity contribution in [2.75, 3.05) is 4.90 Å². The summed E-state index contributed by atoms with van der Waals surface area (Å²) in [6.07, 6.45) is 1.43. The summed E-state index contributed by atoms with van der Waals surface area (Å²) in [5.74, 6) is -0.573. The van der Waals surface area contributed by atoms with Crippen LogP contribution in [0.5, 0.6) is 5.75 Å². The van der Waals surface area contributed by atoms with Crippen LogP contribution in [0.25, 0.3) is 11.3 Å². The molecule has 0 saturated carbocycles. The van der Waals surface area contributed by atoms with E-state index in [1.165, 1.54) is 6.20 Å². The van der Waals surface area contributed by atoms with E-state index in [0.717, 1.165) is 10.5 Å². The molecule has 0 fully saturated rings. The summed E-state index contributed by atoms with van der Waals surface area (Å²) in [5.41, 5.74) is 2.50. The third-order valence-corrected chi connectivity index (χ3v) is 3.95. The fourth-order valence-electron chi connectivity index (χ4n) is 2.74. The smallest absolute Gasteiger partial charge is 0.267 e. The average molecular weight is 316 g/mol. The van der Waals surface area contributed by atoms with Crippen LogP contribution in [-0.4, -0.2) is 21.9 Å². The standard InChI is InChI=1S/C19H12N2O3/c22-14-8-6-12(7-9-14)17-10-15-16(11-20-17)19(24)21(18(15)23)13-4-2-1-3-5-13/h1-11,22H. The minimum absolute atomic E-state index is 0.154. The first-order valence-corrected chi connectivity index (χ1v) is 7.38. The van der Waals surface area contributed by atoms with E-state index in [1.807, 2.05) is 6.07 Å². The van der Waals surface area contributed by atoms with Crippen molar-refractivity contribution in [1.29, 1.82) is 0 Å². The Morgan fingerprint density at radius 1 is 0.833 bits per heavy atom. The second kappa shape index (κ2) is 5.31. The number of nitrogens with zero attached hydrogens (tertiary/aromatic N) is 2. The zero-order valence-electron chi connectivity index (χ0n) is 12.5. The molecule has 0 unspecified atom stereocenters. The van der Waals surface area contributed by atoms with Crippen LogP contribution in [0.15, 0.2) is 66.9 Å². The van der Waals surface area contributed by atoms with E-state index in [9.17, 15) is 14.7 Å². The number of anilines is 1. The molecule has 1 aromatic heterocycles. The number of carbonyl (C=O) groups excluding carboxylic acids is 2. The maximum Gasteiger partial charge on any atom is 0.267 e. The Balaban J connectivity index is 1.78. The summed E-state index contributed by atoms with van der Waals surface area (Å²) in [6, 6.07) is 16.9. The van der Waals surface area contributed by atoms with Crippen LogP contribution < -0.4 is 4.90 Å². The number of imide groups is 1. The fourth-order valence-corrected chi connectivity index (χ4v) is 2.74. The molecule has 0 bridgehead atoms. The van der Waals surface area contributed by atoms with Crippen molar-refractivity contribution in [1.82, 2.24) is 4.98 Å². The molecule has 5 nitrogen and oxygen atoms in total. The van der Waals surface area contributed by atoms with Gasteiger partial charge in [-0.05, 0) is 42.5 Å². The molecule has 3 aromatic rings. The number of rotatable bonds is 2. The summed E-state index contributed by atoms with van der Waals surface area (Å²) in [7, 11) is 0. The van der Waals surface area contributed by atoms with Crippen molar-refractivity contribution in [3.05, 3.63) is 78.0 Å². The number of pyridine rings is 1. The largest absolute Gasteiger partial charge is 0.508 e. The van der Waals surface area contributed by atoms with Gasteiger partial charge in [0, 0.05) is 11.8 Å². The molecule has 0 radical (unpaired) electrons. The second-order valence-corrected chi connectivity index (χ2v) is 5.44. The van der Waals surface area contributed by atoms with Gasteiger partial charge in [-0.15, -0.1) is 0 Å². The Morgan fingerprint density at radius 3 is 2.21 bits per heavy atom. The van der Waals surface area contributed by atoms with Crippen molar-refractivity contribution >= 4 is 17.5 Å². The lowest BCUT2D eigenvalue weighted by Gasteiger charge is -2.12. The van der Waals surface area contributed by atoms with E-state index in [4.69, 9.17) is 0 Å². The molecule has 5 heteroatoms. The number of amides is 2. The predicted octanol–water partition coefficient (Wildman–Crippen LogP) is 3.25. The van der Waals surface area contributed by atoms with E-state index in [2.05, 4.69) is 4.98 Å². The van der Waals surface area contributed by atoms with Gasteiger partial charge in [0.05, 0.1) is 22.5 Å². The first kappa shape index (κ1) is 14.1. The predicted molar refractivity (Wildman–Crippen MR) is 88.9 cm³/mol. The van der Waals surface area contributed by atoms with Crippen LogP contribution in [-0.2, 0) is 0 Å². The number of hydrogen-bond acceptors (Lipinski definition) is 4. The summed E-state index contributed by atoms with van der Waals surface area (Å²) in [4.78, 5) is 30.7. The maximum absolute atomic E-state index is 12.7. The molecule has 0 aliphatic carbocycles. The second-order valence-electron chi connectivity index (χ2n) is 5.44. The topological polar surface area (TPSA) is 70.5 Å². The summed E-state index contributed by atoms with van der Waals surface area (Å²) >= 11 is 0. The molecule has 2 heterocycles. The van der Waals surface area contributed by atoms with Gasteiger partial charge in [-0.3, -0.25) is 14.6 Å². The summed E-state index contributed by atoms with van der Waals surface area (Å²) in [6.45, 7) is 0. The highest BCUT2D eigenvalue weighted by molar-refractivity contribution is 6.34. The van der Waals surface area contributed by atoms with Gasteiger partial charge in [0.15, 0.2) is 0 Å². The normalized spacial score (nSPS) is 13.2. The van der Waals surface area contributed by atoms with Crippen LogP contribution in [0.4, 0.5) is 5.69 Å². The van der Waals surface area contributed by atoms with E-state index in [0.29, 0.717) is 22.5 Å². The zero-order chi connectivity index (χ0) is 16.7. The van der Waals surface area contributed by atoms with Gasteiger partial charge < -0.3 is 5.11 Å². The van der Waals surface area contributed by atoms with Gasteiger partial charge in [-0.1, -0.05) is 18.2 Å². The Hall–Kier alpha value is -3.47. The zero-order valence-corrected chi connectivity index (χ0v) is 12.5. The number of aromatic hydroxyl groups is 1. The van der Waals surface area contributed by atoms with E-state index in [-0.39, 0.29) is 17.6 Å². The third-order valence-electron chi connectivity index (χ3n) is 3.95. The molecule has 0 atom stereocenters. The Morgan fingerprint density at radius 2 is 1.50 bits per heavy atom. The van der Waals surface area contributed by atoms with Crippen LogP contribution in [0, 0.1) is 0 Å². The fraction of sp³-hybridized carbons (Fsp3) is 0. The number of carbonyl (C=O) groups is 2. The van der Waals surface area contributed by atoms with Crippen LogP contribution >= 0.6 is 0 Å². The molecule has 2 aromatic carbocycles. The highest BCUT2D eigenvalue weighted by Crippen LogP contribution is 2.30. The molecule has 1 N–H and O–H groups in total. The Labute approximate surface area is 137 Å². The number of para-hydroxylation sites is 1. The monoisotopic (exact) mass is 316 g/mol. The summed E-state index contributed by atoms with van der Waals surface area (Å²) in [5, 5.41) is 9.37. The van der Waals surface area contributed by atoms with E-state index < -0.39 is 0 Å². The lowest BCUT2D eigenvalue weighted by Crippen LogP contribution is -2.29. The van der Waals surface area contributed by atoms with Gasteiger partial charge >= 0.3 is 0 Å². The number of phenolic OH excluding ortho intramolecular Hbond substituents is 1. The van der Waals surface area contributed by atoms with Gasteiger partial charge in [-0.25, -0.2) is 4.90 Å². The van der Waals surface area contributed by atoms with E-state index in [1.54, 1.807) is 54.6 Å². The van der Waals surface area contributed by atoms with Gasteiger partial charge in [0.1, 0.15) is 5.75 Å². The van der Waals surface area contributed by atoms with Crippen LogP contribution in [0.2, 0.25) is 0 Å². The molecule has 116 valence electrons. The molecule has 1 aliphatic rings. The number of fused-ring (bicyclic) bond motifs is 1. The van der Waals surface area contributed by atoms with Gasteiger partial charge in [0.25, 0.3) is 11.8 Å². The Bertz CT molecular complexity index is 950. The van der Waals surface area contributed by atoms with Crippen LogP contribution in [0.1, 0.15) is 20.7 Å². The van der Waals surface area contributed by atoms with Crippen LogP contribution in [0.3, 0.4) is 0 Å². The molecule has 0 saturated heterocycles. The first-order chi connectivity index (χ1) is 11.6. The average Bonchev–Trinajstić information content (AvgIpc) is 2.87. The third kappa shape index (κ3) is 2.14. The lowest BCUT2D eigenvalue weighted by molar-refractivity contribution is 0.0926. The van der Waals surface area contributed by atoms with Crippen molar-refractivity contribution in [3.63, 3.8) is 0 Å². The number of hydrogen-bond donors (Lipinski definition) is 1. The lowest BCUT2D eigenvalue weighted by atomic mass is 10.1. The quantitative estimate of drug-likeness (QED) is 0.737. The Kier molecular flexibility index (Phi) is 3.13. The van der Waals surface area contributed by atoms with Gasteiger partial charge in [0.2, 0.25) is 0 Å². The van der Waals surface area contributed by atoms with Crippen molar-refractivity contribution in [2.24, 2.45) is 0 Å². The SMILES string of the molecule is O=C1c2cnc(-c3ccc(O)cc3)cc2C(=O)N1c1ccccc1. The molecule has 1 aliphatic heterocycles. The number of phenols is 1. The minimum atomic E-state index is -0.369. The van der Waals surface area contributed by atoms with Crippen molar-refractivity contribution < 1.29 is 14.7 Å². The molecular formula is C19H12N2O3. The molecule has 24 heavy (non-hydrogen) atoms. The molecule has 2 amide bonds.